The Bertz CT molecular complexity index is 335. The van der Waals surface area contributed by atoms with E-state index < -0.39 is 0 Å². The molecule has 3 nitrogen and oxygen atoms in total. The summed E-state index contributed by atoms with van der Waals surface area (Å²) in [5.74, 6) is 0. The fourth-order valence-corrected chi connectivity index (χ4v) is 2.25. The second-order valence-electron chi connectivity index (χ2n) is 5.51. The van der Waals surface area contributed by atoms with Gasteiger partial charge in [0.2, 0.25) is 0 Å². The zero-order valence-electron chi connectivity index (χ0n) is 10.9. The van der Waals surface area contributed by atoms with Crippen molar-refractivity contribution in [2.24, 2.45) is 0 Å². The van der Waals surface area contributed by atoms with Gasteiger partial charge in [0.25, 0.3) is 0 Å². The third-order valence-corrected chi connectivity index (χ3v) is 3.42. The van der Waals surface area contributed by atoms with Crippen LogP contribution in [0.3, 0.4) is 0 Å². The van der Waals surface area contributed by atoms with Crippen molar-refractivity contribution in [3.63, 3.8) is 0 Å². The fraction of sp³-hybridized carbons (Fsp3) is 0.643. The summed E-state index contributed by atoms with van der Waals surface area (Å²) in [6, 6.07) is 6.16. The first kappa shape index (κ1) is 12.5. The average molecular weight is 233 g/mol. The van der Waals surface area contributed by atoms with Crippen LogP contribution in [-0.4, -0.2) is 35.1 Å². The van der Waals surface area contributed by atoms with E-state index in [1.165, 1.54) is 25.1 Å². The second kappa shape index (κ2) is 5.61. The largest absolute Gasteiger partial charge is 0.312 e. The van der Waals surface area contributed by atoms with Gasteiger partial charge in [0.05, 0.1) is 5.69 Å². The Kier molecular flexibility index (Phi) is 4.13. The molecule has 1 aromatic rings. The molecule has 0 bridgehead atoms. The van der Waals surface area contributed by atoms with Crippen LogP contribution in [0.4, 0.5) is 0 Å². The van der Waals surface area contributed by atoms with E-state index in [4.69, 9.17) is 0 Å². The molecule has 1 fully saturated rings. The second-order valence-corrected chi connectivity index (χ2v) is 5.51. The normalized spacial score (nSPS) is 21.8. The molecular weight excluding hydrogens is 210 g/mol. The van der Waals surface area contributed by atoms with Crippen LogP contribution in [0.1, 0.15) is 32.4 Å². The quantitative estimate of drug-likeness (QED) is 0.847. The predicted molar refractivity (Wildman–Crippen MR) is 70.8 cm³/mol. The molecule has 0 radical (unpaired) electrons. The standard InChI is InChI=1S/C14H23N3/c1-14(2)7-11-17(10-5-9-16-14)12-13-6-3-4-8-15-13/h3-4,6,8,16H,5,7,9-12H2,1-2H3. The molecule has 0 amide bonds. The molecule has 0 aliphatic carbocycles. The summed E-state index contributed by atoms with van der Waals surface area (Å²) >= 11 is 0. The lowest BCUT2D eigenvalue weighted by Gasteiger charge is -2.33. The van der Waals surface area contributed by atoms with Crippen LogP contribution >= 0.6 is 0 Å². The zero-order valence-corrected chi connectivity index (χ0v) is 10.9. The molecule has 0 atom stereocenters. The van der Waals surface area contributed by atoms with Gasteiger partial charge in [-0.3, -0.25) is 9.88 Å². The minimum Gasteiger partial charge on any atom is -0.312 e. The van der Waals surface area contributed by atoms with Gasteiger partial charge in [0.1, 0.15) is 0 Å². The van der Waals surface area contributed by atoms with E-state index in [-0.39, 0.29) is 5.54 Å². The Hall–Kier alpha value is -0.930. The maximum atomic E-state index is 4.41. The van der Waals surface area contributed by atoms with Crippen LogP contribution in [0.15, 0.2) is 24.4 Å². The third-order valence-electron chi connectivity index (χ3n) is 3.42. The summed E-state index contributed by atoms with van der Waals surface area (Å²) in [5.41, 5.74) is 1.45. The Labute approximate surface area is 104 Å². The van der Waals surface area contributed by atoms with Gasteiger partial charge in [-0.1, -0.05) is 6.07 Å². The molecule has 0 aromatic carbocycles. The molecule has 2 rings (SSSR count). The lowest BCUT2D eigenvalue weighted by atomic mass is 9.99. The zero-order chi connectivity index (χ0) is 12.1. The molecule has 17 heavy (non-hydrogen) atoms. The first-order valence-electron chi connectivity index (χ1n) is 6.53. The highest BCUT2D eigenvalue weighted by molar-refractivity contribution is 5.03. The van der Waals surface area contributed by atoms with E-state index in [2.05, 4.69) is 41.2 Å². The molecular formula is C14H23N3. The Morgan fingerprint density at radius 1 is 1.35 bits per heavy atom. The molecule has 2 heterocycles. The van der Waals surface area contributed by atoms with Crippen LogP contribution in [-0.2, 0) is 6.54 Å². The van der Waals surface area contributed by atoms with Gasteiger partial charge in [-0.2, -0.15) is 0 Å². The minimum absolute atomic E-state index is 0.267. The maximum absolute atomic E-state index is 4.41. The van der Waals surface area contributed by atoms with Crippen LogP contribution in [0, 0.1) is 0 Å². The summed E-state index contributed by atoms with van der Waals surface area (Å²) in [4.78, 5) is 6.92. The highest BCUT2D eigenvalue weighted by Gasteiger charge is 2.20. The molecule has 3 heteroatoms. The fourth-order valence-electron chi connectivity index (χ4n) is 2.25. The summed E-state index contributed by atoms with van der Waals surface area (Å²) in [7, 11) is 0. The van der Waals surface area contributed by atoms with Gasteiger partial charge in [-0.05, 0) is 51.9 Å². The van der Waals surface area contributed by atoms with Gasteiger partial charge < -0.3 is 5.32 Å². The lowest BCUT2D eigenvalue weighted by Crippen LogP contribution is -2.46. The Balaban J connectivity index is 1.92. The smallest absolute Gasteiger partial charge is 0.0543 e. The van der Waals surface area contributed by atoms with E-state index in [1.54, 1.807) is 0 Å². The van der Waals surface area contributed by atoms with Gasteiger partial charge in [-0.15, -0.1) is 0 Å². The Morgan fingerprint density at radius 2 is 2.24 bits per heavy atom. The van der Waals surface area contributed by atoms with E-state index in [1.807, 2.05) is 12.3 Å². The minimum atomic E-state index is 0.267. The number of nitrogens with zero attached hydrogens (tertiary/aromatic N) is 2. The van der Waals surface area contributed by atoms with Crippen LogP contribution in [0.2, 0.25) is 0 Å². The number of rotatable bonds is 2. The molecule has 1 aromatic heterocycles. The van der Waals surface area contributed by atoms with Crippen molar-refractivity contribution in [1.29, 1.82) is 0 Å². The van der Waals surface area contributed by atoms with Crippen molar-refractivity contribution in [1.82, 2.24) is 15.2 Å². The highest BCUT2D eigenvalue weighted by Crippen LogP contribution is 2.13. The monoisotopic (exact) mass is 233 g/mol. The molecule has 0 spiro atoms. The van der Waals surface area contributed by atoms with Crippen molar-refractivity contribution < 1.29 is 0 Å². The summed E-state index contributed by atoms with van der Waals surface area (Å²) < 4.78 is 0. The summed E-state index contributed by atoms with van der Waals surface area (Å²) in [5, 5.41) is 3.60. The van der Waals surface area contributed by atoms with Gasteiger partial charge in [-0.25, -0.2) is 0 Å². The number of pyridine rings is 1. The molecule has 1 aliphatic heterocycles. The molecule has 1 aliphatic rings. The van der Waals surface area contributed by atoms with Crippen molar-refractivity contribution in [2.75, 3.05) is 19.6 Å². The molecule has 1 saturated heterocycles. The summed E-state index contributed by atoms with van der Waals surface area (Å²) in [6.07, 6.45) is 4.29. The molecule has 94 valence electrons. The number of hydrogen-bond donors (Lipinski definition) is 1. The third kappa shape index (κ3) is 4.10. The van der Waals surface area contributed by atoms with Crippen molar-refractivity contribution in [2.45, 2.75) is 38.8 Å². The number of nitrogens with one attached hydrogen (secondary N) is 1. The van der Waals surface area contributed by atoms with Gasteiger partial charge >= 0.3 is 0 Å². The maximum Gasteiger partial charge on any atom is 0.0543 e. The van der Waals surface area contributed by atoms with Gasteiger partial charge in [0, 0.05) is 24.8 Å². The van der Waals surface area contributed by atoms with Crippen LogP contribution < -0.4 is 5.32 Å². The lowest BCUT2D eigenvalue weighted by molar-refractivity contribution is 0.196. The van der Waals surface area contributed by atoms with E-state index in [9.17, 15) is 0 Å². The topological polar surface area (TPSA) is 28.2 Å². The Morgan fingerprint density at radius 3 is 3.00 bits per heavy atom. The number of hydrogen-bond acceptors (Lipinski definition) is 3. The summed E-state index contributed by atoms with van der Waals surface area (Å²) in [6.45, 7) is 8.99. The van der Waals surface area contributed by atoms with Crippen molar-refractivity contribution >= 4 is 0 Å². The number of aromatic nitrogens is 1. The molecule has 0 saturated carbocycles. The van der Waals surface area contributed by atoms with E-state index >= 15 is 0 Å². The SMILES string of the molecule is CC1(C)CCN(Cc2ccccn2)CCCN1. The molecule has 0 unspecified atom stereocenters. The molecule has 1 N–H and O–H groups in total. The van der Waals surface area contributed by atoms with E-state index in [0.29, 0.717) is 0 Å². The first-order valence-corrected chi connectivity index (χ1v) is 6.53. The van der Waals surface area contributed by atoms with E-state index in [0.717, 1.165) is 19.6 Å². The van der Waals surface area contributed by atoms with Crippen molar-refractivity contribution in [3.8, 4) is 0 Å². The van der Waals surface area contributed by atoms with Crippen molar-refractivity contribution in [3.05, 3.63) is 30.1 Å². The van der Waals surface area contributed by atoms with Gasteiger partial charge in [0.15, 0.2) is 0 Å². The predicted octanol–water partition coefficient (Wildman–Crippen LogP) is 2.05. The highest BCUT2D eigenvalue weighted by atomic mass is 15.1. The first-order chi connectivity index (χ1) is 8.16. The van der Waals surface area contributed by atoms with Crippen LogP contribution in [0.5, 0.6) is 0 Å². The average Bonchev–Trinajstić information content (AvgIpc) is 2.31. The van der Waals surface area contributed by atoms with Crippen LogP contribution in [0.25, 0.3) is 0 Å².